The summed E-state index contributed by atoms with van der Waals surface area (Å²) >= 11 is 7.49. The van der Waals surface area contributed by atoms with E-state index in [0.29, 0.717) is 29.3 Å². The Morgan fingerprint density at radius 3 is 2.61 bits per heavy atom. The van der Waals surface area contributed by atoms with Gasteiger partial charge in [-0.1, -0.05) is 31.5 Å². The molecule has 0 aliphatic carbocycles. The van der Waals surface area contributed by atoms with Gasteiger partial charge in [-0.05, 0) is 49.2 Å². The Morgan fingerprint density at radius 2 is 1.93 bits per heavy atom. The number of nitrogens with one attached hydrogen (secondary N) is 2. The Kier molecular flexibility index (Phi) is 8.67. The van der Waals surface area contributed by atoms with E-state index in [2.05, 4.69) is 10.6 Å². The Labute approximate surface area is 175 Å². The number of benzene rings is 2. The normalized spacial score (nSPS) is 11.6. The molecule has 0 saturated heterocycles. The predicted octanol–water partition coefficient (Wildman–Crippen LogP) is 5.60. The van der Waals surface area contributed by atoms with Gasteiger partial charge in [0.2, 0.25) is 11.8 Å². The molecule has 1 unspecified atom stereocenters. The van der Waals surface area contributed by atoms with Crippen molar-refractivity contribution in [2.24, 2.45) is 0 Å². The molecular weight excluding hydrogens is 396 g/mol. The predicted molar refractivity (Wildman–Crippen MR) is 117 cm³/mol. The Bertz CT molecular complexity index is 829. The van der Waals surface area contributed by atoms with Crippen molar-refractivity contribution in [1.29, 1.82) is 0 Å². The number of carbonyl (C=O) groups is 2. The quantitative estimate of drug-likeness (QED) is 0.518. The van der Waals surface area contributed by atoms with Crippen molar-refractivity contribution in [3.05, 3.63) is 47.5 Å². The second-order valence-electron chi connectivity index (χ2n) is 6.17. The first-order valence-corrected chi connectivity index (χ1v) is 10.4. The fourth-order valence-corrected chi connectivity index (χ4v) is 3.76. The van der Waals surface area contributed by atoms with Gasteiger partial charge in [0, 0.05) is 22.0 Å². The van der Waals surface area contributed by atoms with Gasteiger partial charge in [0.25, 0.3) is 0 Å². The number of halogens is 1. The van der Waals surface area contributed by atoms with Crippen molar-refractivity contribution in [3.63, 3.8) is 0 Å². The molecular formula is C21H25ClN2O3S. The van der Waals surface area contributed by atoms with E-state index in [4.69, 9.17) is 16.3 Å². The highest BCUT2D eigenvalue weighted by molar-refractivity contribution is 8.00. The first-order valence-electron chi connectivity index (χ1n) is 9.17. The fourth-order valence-electron chi connectivity index (χ4n) is 2.58. The molecule has 2 amide bonds. The summed E-state index contributed by atoms with van der Waals surface area (Å²) in [5.74, 6) is 0.411. The molecule has 2 N–H and O–H groups in total. The lowest BCUT2D eigenvalue weighted by molar-refractivity contribution is -0.116. The molecule has 0 spiro atoms. The van der Waals surface area contributed by atoms with Crippen molar-refractivity contribution in [1.82, 2.24) is 0 Å². The summed E-state index contributed by atoms with van der Waals surface area (Å²) in [6.45, 7) is 3.92. The first kappa shape index (κ1) is 22.1. The lowest BCUT2D eigenvalue weighted by Gasteiger charge is -2.17. The van der Waals surface area contributed by atoms with Crippen LogP contribution in [-0.2, 0) is 9.59 Å². The molecule has 0 heterocycles. The summed E-state index contributed by atoms with van der Waals surface area (Å²) in [5, 5.41) is 6.00. The largest absolute Gasteiger partial charge is 0.495 e. The van der Waals surface area contributed by atoms with E-state index in [0.717, 1.165) is 17.0 Å². The SMILES string of the molecule is CCCC(=O)Nc1cccc(SC(CC)C(=O)Nc2cc(Cl)ccc2OC)c1. The van der Waals surface area contributed by atoms with Crippen LogP contribution in [0.3, 0.4) is 0 Å². The maximum Gasteiger partial charge on any atom is 0.237 e. The minimum absolute atomic E-state index is 0.0116. The number of hydrogen-bond donors (Lipinski definition) is 2. The highest BCUT2D eigenvalue weighted by Crippen LogP contribution is 2.31. The number of anilines is 2. The van der Waals surface area contributed by atoms with Crippen LogP contribution in [0.15, 0.2) is 47.4 Å². The third kappa shape index (κ3) is 6.46. The molecule has 0 aliphatic rings. The van der Waals surface area contributed by atoms with Crippen molar-refractivity contribution in [2.45, 2.75) is 43.3 Å². The topological polar surface area (TPSA) is 67.4 Å². The van der Waals surface area contributed by atoms with Gasteiger partial charge in [-0.15, -0.1) is 11.8 Å². The molecule has 1 atom stereocenters. The molecule has 2 aromatic carbocycles. The monoisotopic (exact) mass is 420 g/mol. The van der Waals surface area contributed by atoms with Crippen LogP contribution in [0.2, 0.25) is 5.02 Å². The summed E-state index contributed by atoms with van der Waals surface area (Å²) < 4.78 is 5.29. The smallest absolute Gasteiger partial charge is 0.237 e. The highest BCUT2D eigenvalue weighted by Gasteiger charge is 2.20. The van der Waals surface area contributed by atoms with E-state index < -0.39 is 0 Å². The number of thioether (sulfide) groups is 1. The van der Waals surface area contributed by atoms with Gasteiger partial charge in [-0.3, -0.25) is 9.59 Å². The number of carbonyl (C=O) groups excluding carboxylic acids is 2. The van der Waals surface area contributed by atoms with Crippen LogP contribution in [0, 0.1) is 0 Å². The zero-order valence-corrected chi connectivity index (χ0v) is 17.8. The van der Waals surface area contributed by atoms with Crippen molar-refractivity contribution in [2.75, 3.05) is 17.7 Å². The number of ether oxygens (including phenoxy) is 1. The van der Waals surface area contributed by atoms with Crippen LogP contribution in [0.1, 0.15) is 33.1 Å². The average Bonchev–Trinajstić information content (AvgIpc) is 2.66. The van der Waals surface area contributed by atoms with Crippen LogP contribution in [0.4, 0.5) is 11.4 Å². The summed E-state index contributed by atoms with van der Waals surface area (Å²) in [7, 11) is 1.54. The van der Waals surface area contributed by atoms with E-state index in [1.165, 1.54) is 11.8 Å². The maximum absolute atomic E-state index is 12.8. The highest BCUT2D eigenvalue weighted by atomic mass is 35.5. The maximum atomic E-state index is 12.8. The van der Waals surface area contributed by atoms with Gasteiger partial charge < -0.3 is 15.4 Å². The molecule has 0 bridgehead atoms. The lowest BCUT2D eigenvalue weighted by Crippen LogP contribution is -2.24. The van der Waals surface area contributed by atoms with Crippen LogP contribution in [0.5, 0.6) is 5.75 Å². The molecule has 5 nitrogen and oxygen atoms in total. The van der Waals surface area contributed by atoms with E-state index >= 15 is 0 Å². The van der Waals surface area contributed by atoms with E-state index in [9.17, 15) is 9.59 Å². The minimum atomic E-state index is -0.301. The molecule has 0 aromatic heterocycles. The van der Waals surface area contributed by atoms with Crippen molar-refractivity contribution >= 4 is 46.6 Å². The van der Waals surface area contributed by atoms with E-state index in [-0.39, 0.29) is 17.1 Å². The molecule has 0 saturated carbocycles. The number of amides is 2. The summed E-state index contributed by atoms with van der Waals surface area (Å²) in [5.41, 5.74) is 1.27. The Morgan fingerprint density at radius 1 is 1.14 bits per heavy atom. The zero-order valence-electron chi connectivity index (χ0n) is 16.3. The van der Waals surface area contributed by atoms with Crippen LogP contribution >= 0.6 is 23.4 Å². The third-order valence-corrected chi connectivity index (χ3v) is 5.55. The molecule has 0 fully saturated rings. The van der Waals surface area contributed by atoms with Crippen LogP contribution < -0.4 is 15.4 Å². The van der Waals surface area contributed by atoms with Crippen molar-refractivity contribution < 1.29 is 14.3 Å². The molecule has 150 valence electrons. The minimum Gasteiger partial charge on any atom is -0.495 e. The Balaban J connectivity index is 2.08. The van der Waals surface area contributed by atoms with Crippen LogP contribution in [0.25, 0.3) is 0 Å². The van der Waals surface area contributed by atoms with Gasteiger partial charge in [-0.2, -0.15) is 0 Å². The lowest BCUT2D eigenvalue weighted by atomic mass is 10.2. The van der Waals surface area contributed by atoms with Gasteiger partial charge in [0.1, 0.15) is 5.75 Å². The van der Waals surface area contributed by atoms with E-state index in [1.807, 2.05) is 38.1 Å². The van der Waals surface area contributed by atoms with Crippen LogP contribution in [-0.4, -0.2) is 24.2 Å². The standard InChI is InChI=1S/C21H25ClN2O3S/c1-4-7-20(25)23-15-8-6-9-16(13-15)28-19(5-2)21(26)24-17-12-14(22)10-11-18(17)27-3/h6,8-13,19H,4-5,7H2,1-3H3,(H,23,25)(H,24,26). The molecule has 2 aromatic rings. The molecule has 7 heteroatoms. The Hall–Kier alpha value is -2.18. The number of methoxy groups -OCH3 is 1. The molecule has 28 heavy (non-hydrogen) atoms. The molecule has 0 aliphatic heterocycles. The molecule has 0 radical (unpaired) electrons. The number of hydrogen-bond acceptors (Lipinski definition) is 4. The zero-order chi connectivity index (χ0) is 20.5. The average molecular weight is 421 g/mol. The van der Waals surface area contributed by atoms with Gasteiger partial charge in [-0.25, -0.2) is 0 Å². The second kappa shape index (κ2) is 11.0. The summed E-state index contributed by atoms with van der Waals surface area (Å²) in [6.07, 6.45) is 1.93. The number of rotatable bonds is 9. The van der Waals surface area contributed by atoms with Gasteiger partial charge >= 0.3 is 0 Å². The fraction of sp³-hybridized carbons (Fsp3) is 0.333. The summed E-state index contributed by atoms with van der Waals surface area (Å²) in [6, 6.07) is 12.6. The first-order chi connectivity index (χ1) is 13.5. The third-order valence-electron chi connectivity index (χ3n) is 3.96. The second-order valence-corrected chi connectivity index (χ2v) is 7.89. The molecule has 2 rings (SSSR count). The van der Waals surface area contributed by atoms with Gasteiger partial charge in [0.15, 0.2) is 0 Å². The summed E-state index contributed by atoms with van der Waals surface area (Å²) in [4.78, 5) is 25.5. The van der Waals surface area contributed by atoms with Gasteiger partial charge in [0.05, 0.1) is 18.0 Å². The van der Waals surface area contributed by atoms with E-state index in [1.54, 1.807) is 25.3 Å². The van der Waals surface area contributed by atoms with Crippen molar-refractivity contribution in [3.8, 4) is 5.75 Å².